The summed E-state index contributed by atoms with van der Waals surface area (Å²) in [5, 5.41) is 9.33. The van der Waals surface area contributed by atoms with E-state index in [0.29, 0.717) is 34.0 Å². The van der Waals surface area contributed by atoms with Crippen LogP contribution in [0.4, 0.5) is 0 Å². The van der Waals surface area contributed by atoms with E-state index in [1.165, 1.54) is 4.57 Å². The predicted molar refractivity (Wildman–Crippen MR) is 229 cm³/mol. The molecule has 3 atom stereocenters. The molecule has 1 fully saturated rings. The molecule has 1 aliphatic heterocycles. The number of aromatic nitrogens is 4. The number of hydrogen-bond acceptors (Lipinski definition) is 11. The highest BCUT2D eigenvalue weighted by Gasteiger charge is 2.44. The van der Waals surface area contributed by atoms with Gasteiger partial charge < -0.3 is 28.8 Å². The average Bonchev–Trinajstić information content (AvgIpc) is 3.70. The lowest BCUT2D eigenvalue weighted by Crippen LogP contribution is -2.39. The highest BCUT2D eigenvalue weighted by Crippen LogP contribution is 2.43. The number of carboxylic acid groups (broad SMARTS) is 1. The largest absolute Gasteiger partial charge is 0.497 e. The highest BCUT2D eigenvalue weighted by atomic mass is 16.6. The quantitative estimate of drug-likeness (QED) is 0.0807. The monoisotopic (exact) mass is 834 g/mol. The molecule has 62 heavy (non-hydrogen) atoms. The fourth-order valence-corrected chi connectivity index (χ4v) is 7.77. The van der Waals surface area contributed by atoms with Crippen molar-refractivity contribution in [3.05, 3.63) is 177 Å². The number of nitrogens with one attached hydrogen (secondary N) is 1. The first-order valence-electron chi connectivity index (χ1n) is 19.9. The van der Waals surface area contributed by atoms with Crippen LogP contribution in [0.15, 0.2) is 149 Å². The zero-order valence-corrected chi connectivity index (χ0v) is 33.8. The van der Waals surface area contributed by atoms with Gasteiger partial charge in [-0.15, -0.1) is 0 Å². The third kappa shape index (κ3) is 8.33. The molecule has 5 aromatic carbocycles. The maximum absolute atomic E-state index is 14.0. The Morgan fingerprint density at radius 2 is 1.24 bits per heavy atom. The fraction of sp³-hybridized carbons (Fsp3) is 0.208. The average molecular weight is 835 g/mol. The third-order valence-electron chi connectivity index (χ3n) is 10.8. The van der Waals surface area contributed by atoms with E-state index in [1.807, 2.05) is 140 Å². The van der Waals surface area contributed by atoms with Gasteiger partial charge in [0.25, 0.3) is 5.56 Å². The van der Waals surface area contributed by atoms with E-state index in [0.717, 1.165) is 16.7 Å². The minimum atomic E-state index is -1.29. The number of benzene rings is 5. The molecule has 1 saturated heterocycles. The summed E-state index contributed by atoms with van der Waals surface area (Å²) in [5.41, 5.74) is 1.48. The fourth-order valence-electron chi connectivity index (χ4n) is 7.77. The van der Waals surface area contributed by atoms with Gasteiger partial charge in [0.05, 0.1) is 45.1 Å². The van der Waals surface area contributed by atoms with Crippen molar-refractivity contribution in [2.24, 2.45) is 0 Å². The van der Waals surface area contributed by atoms with Crippen LogP contribution >= 0.6 is 0 Å². The molecule has 0 unspecified atom stereocenters. The van der Waals surface area contributed by atoms with Crippen molar-refractivity contribution >= 4 is 23.1 Å². The molecule has 2 aromatic heterocycles. The Balaban J connectivity index is 1.24. The van der Waals surface area contributed by atoms with E-state index in [4.69, 9.17) is 33.7 Å². The second kappa shape index (κ2) is 18.1. The Kier molecular flexibility index (Phi) is 12.0. The van der Waals surface area contributed by atoms with Crippen LogP contribution in [0.1, 0.15) is 42.2 Å². The molecular formula is C48H42N4O10. The second-order valence-electron chi connectivity index (χ2n) is 14.6. The van der Waals surface area contributed by atoms with Crippen LogP contribution in [-0.4, -0.2) is 69.6 Å². The van der Waals surface area contributed by atoms with Crippen molar-refractivity contribution in [1.29, 1.82) is 0 Å². The van der Waals surface area contributed by atoms with Gasteiger partial charge in [-0.05, 0) is 41.0 Å². The summed E-state index contributed by atoms with van der Waals surface area (Å²) in [5.74, 6) is -0.672. The molecule has 1 aliphatic rings. The number of methoxy groups -OCH3 is 2. The van der Waals surface area contributed by atoms with E-state index in [1.54, 1.807) is 14.2 Å². The number of carbonyl (C=O) groups excluding carboxylic acids is 1. The zero-order chi connectivity index (χ0) is 43.2. The zero-order valence-electron chi connectivity index (χ0n) is 33.8. The summed E-state index contributed by atoms with van der Waals surface area (Å²) in [4.78, 5) is 64.3. The molecule has 7 aromatic rings. The summed E-state index contributed by atoms with van der Waals surface area (Å²) in [6.07, 6.45) is -4.14. The van der Waals surface area contributed by atoms with Crippen LogP contribution < -0.4 is 20.7 Å². The number of carboxylic acids is 1. The van der Waals surface area contributed by atoms with Crippen LogP contribution in [0.5, 0.6) is 11.5 Å². The second-order valence-corrected chi connectivity index (χ2v) is 14.6. The Hall–Kier alpha value is -7.42. The molecule has 2 N–H and O–H groups in total. The molecule has 3 heterocycles. The number of nitrogens with zero attached hydrogens (tertiary/aromatic N) is 3. The Morgan fingerprint density at radius 3 is 1.77 bits per heavy atom. The SMILES string of the molecule is COc1ccc(C(OC[C@H]2O[C@@H](n3c(=O)[nH]c(=O)c4nc(-c5ccccc5)c(-c5ccccc5)nc43)C[C@@H]2OC(=O)CCC(=O)O)(c2ccccc2)c2ccc(OC)cc2)cc1. The lowest BCUT2D eigenvalue weighted by atomic mass is 9.80. The number of esters is 1. The molecular weight excluding hydrogens is 793 g/mol. The molecule has 0 aliphatic carbocycles. The first-order chi connectivity index (χ1) is 30.2. The van der Waals surface area contributed by atoms with Gasteiger partial charge in [0.2, 0.25) is 0 Å². The lowest BCUT2D eigenvalue weighted by Gasteiger charge is -2.37. The normalized spacial score (nSPS) is 16.2. The standard InChI is InChI=1S/C48H42N4O10/c1-58-35-22-18-33(19-23-35)48(32-16-10-5-11-17-32,34-20-24-36(59-2)25-21-34)60-29-38-37(62-41(55)27-26-40(53)54)28-39(61-38)52-45-44(46(56)51-47(52)57)49-42(30-12-6-3-7-13-30)43(50-45)31-14-8-4-9-15-31/h3-25,37-39H,26-29H2,1-2H3,(H,53,54)(H,51,56,57)/t37-,38+,39+/m0/s1. The van der Waals surface area contributed by atoms with Gasteiger partial charge in [-0.1, -0.05) is 115 Å². The van der Waals surface area contributed by atoms with Crippen molar-refractivity contribution in [3.8, 4) is 34.0 Å². The smallest absolute Gasteiger partial charge is 0.332 e. The van der Waals surface area contributed by atoms with Crippen LogP contribution in [0, 0.1) is 0 Å². The summed E-state index contributed by atoms with van der Waals surface area (Å²) < 4.78 is 31.9. The van der Waals surface area contributed by atoms with Crippen LogP contribution in [-0.2, 0) is 29.4 Å². The number of rotatable bonds is 15. The van der Waals surface area contributed by atoms with Crippen LogP contribution in [0.25, 0.3) is 33.7 Å². The van der Waals surface area contributed by atoms with E-state index in [-0.39, 0.29) is 24.2 Å². The van der Waals surface area contributed by atoms with Gasteiger partial charge in [0, 0.05) is 17.5 Å². The molecule has 14 heteroatoms. The number of aliphatic carboxylic acids is 1. The van der Waals surface area contributed by atoms with E-state index >= 15 is 0 Å². The number of carbonyl (C=O) groups is 2. The molecule has 8 rings (SSSR count). The number of ether oxygens (including phenoxy) is 5. The molecule has 0 saturated carbocycles. The van der Waals surface area contributed by atoms with Gasteiger partial charge in [-0.3, -0.25) is 19.4 Å². The minimum absolute atomic E-state index is 0.0464. The molecule has 0 bridgehead atoms. The Morgan fingerprint density at radius 1 is 0.726 bits per heavy atom. The predicted octanol–water partition coefficient (Wildman–Crippen LogP) is 6.90. The van der Waals surface area contributed by atoms with Crippen LogP contribution in [0.2, 0.25) is 0 Å². The first-order valence-corrected chi connectivity index (χ1v) is 19.9. The number of aromatic amines is 1. The van der Waals surface area contributed by atoms with Gasteiger partial charge in [0.1, 0.15) is 35.5 Å². The lowest BCUT2D eigenvalue weighted by molar-refractivity contribution is -0.157. The van der Waals surface area contributed by atoms with Crippen molar-refractivity contribution in [2.45, 2.75) is 43.3 Å². The van der Waals surface area contributed by atoms with Gasteiger partial charge in [-0.2, -0.15) is 0 Å². The summed E-state index contributed by atoms with van der Waals surface area (Å²) in [7, 11) is 3.16. The van der Waals surface area contributed by atoms with E-state index in [9.17, 15) is 24.3 Å². The van der Waals surface area contributed by atoms with E-state index in [2.05, 4.69) is 4.98 Å². The maximum atomic E-state index is 14.0. The molecule has 14 nitrogen and oxygen atoms in total. The van der Waals surface area contributed by atoms with Gasteiger partial charge in [-0.25, -0.2) is 19.3 Å². The summed E-state index contributed by atoms with van der Waals surface area (Å²) >= 11 is 0. The topological polar surface area (TPSA) is 181 Å². The Bertz CT molecular complexity index is 2750. The maximum Gasteiger partial charge on any atom is 0.332 e. The minimum Gasteiger partial charge on any atom is -0.497 e. The van der Waals surface area contributed by atoms with Crippen molar-refractivity contribution < 1.29 is 38.4 Å². The number of H-pyrrole nitrogens is 1. The number of fused-ring (bicyclic) bond motifs is 1. The van der Waals surface area contributed by atoms with Crippen molar-refractivity contribution in [1.82, 2.24) is 19.5 Å². The Labute approximate surface area is 355 Å². The van der Waals surface area contributed by atoms with Crippen LogP contribution in [0.3, 0.4) is 0 Å². The number of hydrogen-bond donors (Lipinski definition) is 2. The molecule has 314 valence electrons. The molecule has 0 spiro atoms. The highest BCUT2D eigenvalue weighted by molar-refractivity contribution is 5.84. The van der Waals surface area contributed by atoms with Gasteiger partial charge >= 0.3 is 17.6 Å². The van der Waals surface area contributed by atoms with Gasteiger partial charge in [0.15, 0.2) is 11.2 Å². The van der Waals surface area contributed by atoms with E-state index < -0.39 is 60.1 Å². The van der Waals surface area contributed by atoms with Crippen molar-refractivity contribution in [2.75, 3.05) is 20.8 Å². The third-order valence-corrected chi connectivity index (χ3v) is 10.8. The van der Waals surface area contributed by atoms with Crippen molar-refractivity contribution in [3.63, 3.8) is 0 Å². The first kappa shape index (κ1) is 41.3. The summed E-state index contributed by atoms with van der Waals surface area (Å²) in [6, 6.07) is 43.0. The summed E-state index contributed by atoms with van der Waals surface area (Å²) in [6.45, 7) is -0.199. The molecule has 0 amide bonds. The molecule has 0 radical (unpaired) electrons.